The number of rotatable bonds is 5. The van der Waals surface area contributed by atoms with Crippen molar-refractivity contribution >= 4 is 17.4 Å². The Morgan fingerprint density at radius 1 is 1.17 bits per heavy atom. The van der Waals surface area contributed by atoms with E-state index >= 15 is 0 Å². The summed E-state index contributed by atoms with van der Waals surface area (Å²) >= 11 is 0. The van der Waals surface area contributed by atoms with Crippen LogP contribution in [0.15, 0.2) is 48.8 Å². The Bertz CT molecular complexity index is 804. The summed E-state index contributed by atoms with van der Waals surface area (Å²) in [5.74, 6) is -0.725. The summed E-state index contributed by atoms with van der Waals surface area (Å²) in [6.07, 6.45) is 3.31. The average Bonchev–Trinajstić information content (AvgIpc) is 3.04. The summed E-state index contributed by atoms with van der Waals surface area (Å²) < 4.78 is 13.7. The minimum atomic E-state index is -0.447. The molecule has 0 aliphatic rings. The van der Waals surface area contributed by atoms with Crippen molar-refractivity contribution in [3.8, 4) is 0 Å². The van der Waals surface area contributed by atoms with Crippen LogP contribution in [0.25, 0.3) is 0 Å². The Balaban J connectivity index is 1.70. The molecule has 8 heteroatoms. The number of halogens is 1. The number of pyridine rings is 1. The molecule has 1 aromatic carbocycles. The van der Waals surface area contributed by atoms with E-state index in [0.29, 0.717) is 6.54 Å². The standard InChI is InChI=1S/C15H13FN6O/c16-11-5-1-2-6-12(11)19-14-13(20-22-21-14)15(23)18-9-10-4-3-7-17-8-10/h1-8H,9H2,(H,18,23)(H2,19,20,21,22). The molecule has 0 spiro atoms. The molecule has 2 aromatic heterocycles. The fourth-order valence-corrected chi connectivity index (χ4v) is 1.94. The van der Waals surface area contributed by atoms with Gasteiger partial charge in [0.05, 0.1) is 5.69 Å². The van der Waals surface area contributed by atoms with Crippen molar-refractivity contribution in [1.29, 1.82) is 0 Å². The number of nitrogens with zero attached hydrogens (tertiary/aromatic N) is 3. The Hall–Kier alpha value is -3.29. The van der Waals surface area contributed by atoms with Crippen LogP contribution in [0.2, 0.25) is 0 Å². The van der Waals surface area contributed by atoms with Gasteiger partial charge < -0.3 is 10.6 Å². The number of aromatic amines is 1. The van der Waals surface area contributed by atoms with E-state index in [0.717, 1.165) is 5.56 Å². The normalized spacial score (nSPS) is 10.3. The van der Waals surface area contributed by atoms with Gasteiger partial charge in [0.1, 0.15) is 5.82 Å². The minimum Gasteiger partial charge on any atom is -0.346 e. The lowest BCUT2D eigenvalue weighted by Crippen LogP contribution is -2.24. The third-order valence-electron chi connectivity index (χ3n) is 3.07. The molecule has 116 valence electrons. The zero-order valence-electron chi connectivity index (χ0n) is 12.0. The zero-order valence-corrected chi connectivity index (χ0v) is 12.0. The largest absolute Gasteiger partial charge is 0.346 e. The number of hydrogen-bond acceptors (Lipinski definition) is 5. The topological polar surface area (TPSA) is 95.6 Å². The molecule has 0 saturated heterocycles. The number of carbonyl (C=O) groups excluding carboxylic acids is 1. The van der Waals surface area contributed by atoms with Crippen LogP contribution in [0.3, 0.4) is 0 Å². The molecule has 2 heterocycles. The van der Waals surface area contributed by atoms with Crippen LogP contribution < -0.4 is 10.6 Å². The second-order valence-electron chi connectivity index (χ2n) is 4.67. The first-order valence-corrected chi connectivity index (χ1v) is 6.83. The van der Waals surface area contributed by atoms with Gasteiger partial charge in [-0.05, 0) is 23.8 Å². The summed E-state index contributed by atoms with van der Waals surface area (Å²) in [4.78, 5) is 16.2. The van der Waals surface area contributed by atoms with E-state index in [9.17, 15) is 9.18 Å². The van der Waals surface area contributed by atoms with E-state index in [1.807, 2.05) is 6.07 Å². The van der Waals surface area contributed by atoms with Gasteiger partial charge >= 0.3 is 0 Å². The fraction of sp³-hybridized carbons (Fsp3) is 0.0667. The molecule has 23 heavy (non-hydrogen) atoms. The zero-order chi connectivity index (χ0) is 16.1. The molecular weight excluding hydrogens is 299 g/mol. The highest BCUT2D eigenvalue weighted by Gasteiger charge is 2.17. The maximum absolute atomic E-state index is 13.7. The third kappa shape index (κ3) is 3.49. The van der Waals surface area contributed by atoms with Gasteiger partial charge in [0, 0.05) is 18.9 Å². The van der Waals surface area contributed by atoms with Crippen molar-refractivity contribution in [3.05, 3.63) is 65.9 Å². The van der Waals surface area contributed by atoms with Gasteiger partial charge in [0.15, 0.2) is 11.5 Å². The van der Waals surface area contributed by atoms with Crippen molar-refractivity contribution in [1.82, 2.24) is 25.7 Å². The molecule has 0 radical (unpaired) electrons. The summed E-state index contributed by atoms with van der Waals surface area (Å²) in [6.45, 7) is 0.304. The first kappa shape index (κ1) is 14.6. The Morgan fingerprint density at radius 3 is 2.83 bits per heavy atom. The molecule has 0 bridgehead atoms. The van der Waals surface area contributed by atoms with Crippen LogP contribution in [-0.2, 0) is 6.54 Å². The molecule has 0 atom stereocenters. The third-order valence-corrected chi connectivity index (χ3v) is 3.07. The number of carbonyl (C=O) groups is 1. The van der Waals surface area contributed by atoms with Crippen LogP contribution >= 0.6 is 0 Å². The van der Waals surface area contributed by atoms with E-state index in [1.165, 1.54) is 6.07 Å². The molecule has 0 fully saturated rings. The minimum absolute atomic E-state index is 0.0529. The van der Waals surface area contributed by atoms with Gasteiger partial charge in [-0.2, -0.15) is 5.21 Å². The smallest absolute Gasteiger partial charge is 0.275 e. The summed E-state index contributed by atoms with van der Waals surface area (Å²) in [7, 11) is 0. The summed E-state index contributed by atoms with van der Waals surface area (Å²) in [6, 6.07) is 9.72. The fourth-order valence-electron chi connectivity index (χ4n) is 1.94. The van der Waals surface area contributed by atoms with Crippen molar-refractivity contribution in [3.63, 3.8) is 0 Å². The maximum Gasteiger partial charge on any atom is 0.275 e. The van der Waals surface area contributed by atoms with E-state index in [1.54, 1.807) is 36.7 Å². The van der Waals surface area contributed by atoms with E-state index in [-0.39, 0.29) is 17.2 Å². The predicted molar refractivity (Wildman–Crippen MR) is 81.5 cm³/mol. The highest BCUT2D eigenvalue weighted by atomic mass is 19.1. The molecule has 3 aromatic rings. The highest BCUT2D eigenvalue weighted by Crippen LogP contribution is 2.19. The van der Waals surface area contributed by atoms with Gasteiger partial charge in [0.2, 0.25) is 0 Å². The second-order valence-corrected chi connectivity index (χ2v) is 4.67. The lowest BCUT2D eigenvalue weighted by atomic mass is 10.2. The molecule has 1 amide bonds. The monoisotopic (exact) mass is 312 g/mol. The lowest BCUT2D eigenvalue weighted by molar-refractivity contribution is 0.0946. The van der Waals surface area contributed by atoms with Crippen molar-refractivity contribution in [2.45, 2.75) is 6.54 Å². The van der Waals surface area contributed by atoms with Gasteiger partial charge in [0.25, 0.3) is 5.91 Å². The molecule has 0 unspecified atom stereocenters. The van der Waals surface area contributed by atoms with E-state index < -0.39 is 11.7 Å². The molecule has 3 rings (SSSR count). The number of nitrogens with one attached hydrogen (secondary N) is 3. The molecule has 0 aliphatic heterocycles. The number of para-hydroxylation sites is 1. The first-order chi connectivity index (χ1) is 11.2. The number of hydrogen-bond donors (Lipinski definition) is 3. The maximum atomic E-state index is 13.7. The number of benzene rings is 1. The van der Waals surface area contributed by atoms with E-state index in [2.05, 4.69) is 31.0 Å². The first-order valence-electron chi connectivity index (χ1n) is 6.83. The Morgan fingerprint density at radius 2 is 2.04 bits per heavy atom. The number of anilines is 2. The molecule has 0 aliphatic carbocycles. The number of H-pyrrole nitrogens is 1. The van der Waals surface area contributed by atoms with Crippen molar-refractivity contribution in [2.24, 2.45) is 0 Å². The van der Waals surface area contributed by atoms with Gasteiger partial charge in [-0.1, -0.05) is 18.2 Å². The second kappa shape index (κ2) is 6.65. The van der Waals surface area contributed by atoms with Crippen LogP contribution in [0.4, 0.5) is 15.9 Å². The molecule has 3 N–H and O–H groups in total. The molecular formula is C15H13FN6O. The van der Waals surface area contributed by atoms with E-state index in [4.69, 9.17) is 0 Å². The van der Waals surface area contributed by atoms with Crippen LogP contribution in [0, 0.1) is 5.82 Å². The summed E-state index contributed by atoms with van der Waals surface area (Å²) in [5, 5.41) is 15.5. The lowest BCUT2D eigenvalue weighted by Gasteiger charge is -2.06. The van der Waals surface area contributed by atoms with Gasteiger partial charge in [-0.15, -0.1) is 10.2 Å². The quantitative estimate of drug-likeness (QED) is 0.670. The van der Waals surface area contributed by atoms with Crippen LogP contribution in [0.1, 0.15) is 16.1 Å². The summed E-state index contributed by atoms with van der Waals surface area (Å²) in [5.41, 5.74) is 1.12. The Kier molecular flexibility index (Phi) is 4.23. The number of amides is 1. The average molecular weight is 312 g/mol. The highest BCUT2D eigenvalue weighted by molar-refractivity contribution is 5.97. The van der Waals surface area contributed by atoms with Gasteiger partial charge in [-0.25, -0.2) is 4.39 Å². The van der Waals surface area contributed by atoms with Crippen molar-refractivity contribution < 1.29 is 9.18 Å². The van der Waals surface area contributed by atoms with Crippen LogP contribution in [0.5, 0.6) is 0 Å². The van der Waals surface area contributed by atoms with Crippen molar-refractivity contribution in [2.75, 3.05) is 5.32 Å². The molecule has 0 saturated carbocycles. The molecule has 7 nitrogen and oxygen atoms in total. The van der Waals surface area contributed by atoms with Crippen LogP contribution in [-0.4, -0.2) is 26.3 Å². The Labute approximate surface area is 131 Å². The predicted octanol–water partition coefficient (Wildman–Crippen LogP) is 2.01. The van der Waals surface area contributed by atoms with Gasteiger partial charge in [-0.3, -0.25) is 9.78 Å². The number of aromatic nitrogens is 4. The SMILES string of the molecule is O=C(NCc1cccnc1)c1n[nH]nc1Nc1ccccc1F.